The highest BCUT2D eigenvalue weighted by Crippen LogP contribution is 2.56. The molecule has 0 radical (unpaired) electrons. The molecule has 5 atom stereocenters. The minimum atomic E-state index is -0.411. The SMILES string of the molecule is C=CCO/N=C(\C=C\C[C@H](C)C1=CC[C@H]2/C(=C/C=C3C[C@@H](O)C[C@H](O)C3)CCC[C@]12C)C(C)(C)C. The van der Waals surface area contributed by atoms with Crippen LogP contribution in [0.25, 0.3) is 0 Å². The van der Waals surface area contributed by atoms with E-state index in [0.717, 1.165) is 25.0 Å². The predicted octanol–water partition coefficient (Wildman–Crippen LogP) is 7.07. The largest absolute Gasteiger partial charge is 0.393 e. The van der Waals surface area contributed by atoms with Crippen LogP contribution in [0.4, 0.5) is 0 Å². The molecule has 0 aromatic carbocycles. The van der Waals surface area contributed by atoms with Gasteiger partial charge in [-0.15, -0.1) is 0 Å². The molecule has 194 valence electrons. The molecule has 3 rings (SSSR count). The summed E-state index contributed by atoms with van der Waals surface area (Å²) in [5.74, 6) is 1.05. The van der Waals surface area contributed by atoms with Crippen molar-refractivity contribution in [3.8, 4) is 0 Å². The molecule has 3 aliphatic carbocycles. The smallest absolute Gasteiger partial charge is 0.135 e. The molecule has 0 spiro atoms. The normalized spacial score (nSPS) is 31.9. The fraction of sp³-hybridized carbons (Fsp3) is 0.645. The summed E-state index contributed by atoms with van der Waals surface area (Å²) in [5.41, 5.74) is 5.41. The maximum Gasteiger partial charge on any atom is 0.135 e. The Morgan fingerprint density at radius 2 is 1.97 bits per heavy atom. The fourth-order valence-corrected chi connectivity index (χ4v) is 6.23. The lowest BCUT2D eigenvalue weighted by Crippen LogP contribution is -2.32. The molecule has 0 amide bonds. The minimum Gasteiger partial charge on any atom is -0.393 e. The molecule has 0 heterocycles. The van der Waals surface area contributed by atoms with E-state index < -0.39 is 12.2 Å². The van der Waals surface area contributed by atoms with Gasteiger partial charge in [0.05, 0.1) is 17.9 Å². The molecule has 2 saturated carbocycles. The van der Waals surface area contributed by atoms with Crippen molar-refractivity contribution in [1.29, 1.82) is 0 Å². The molecule has 0 unspecified atom stereocenters. The molecule has 0 aromatic heterocycles. The van der Waals surface area contributed by atoms with E-state index in [0.29, 0.717) is 37.7 Å². The van der Waals surface area contributed by atoms with Crippen molar-refractivity contribution in [1.82, 2.24) is 0 Å². The number of allylic oxidation sites excluding steroid dienone is 7. The van der Waals surface area contributed by atoms with E-state index in [1.807, 2.05) is 0 Å². The van der Waals surface area contributed by atoms with Crippen molar-refractivity contribution in [3.63, 3.8) is 0 Å². The van der Waals surface area contributed by atoms with Gasteiger partial charge in [0.25, 0.3) is 0 Å². The van der Waals surface area contributed by atoms with Gasteiger partial charge >= 0.3 is 0 Å². The van der Waals surface area contributed by atoms with E-state index in [-0.39, 0.29) is 10.8 Å². The lowest BCUT2D eigenvalue weighted by atomic mass is 9.62. The number of hydrogen-bond donors (Lipinski definition) is 2. The lowest BCUT2D eigenvalue weighted by Gasteiger charge is -2.42. The molecule has 2 fully saturated rings. The van der Waals surface area contributed by atoms with Gasteiger partial charge in [-0.25, -0.2) is 0 Å². The van der Waals surface area contributed by atoms with E-state index >= 15 is 0 Å². The third-order valence-electron chi connectivity index (χ3n) is 8.10. The van der Waals surface area contributed by atoms with E-state index in [9.17, 15) is 10.2 Å². The second-order valence-electron chi connectivity index (χ2n) is 12.1. The number of rotatable bonds is 8. The van der Waals surface area contributed by atoms with Gasteiger partial charge in [-0.05, 0) is 74.7 Å². The Kier molecular flexibility index (Phi) is 9.40. The number of fused-ring (bicyclic) bond motifs is 1. The van der Waals surface area contributed by atoms with Crippen LogP contribution in [0.1, 0.15) is 86.0 Å². The van der Waals surface area contributed by atoms with Gasteiger partial charge in [-0.2, -0.15) is 0 Å². The minimum absolute atomic E-state index is 0.0768. The number of nitrogens with zero attached hydrogens (tertiary/aromatic N) is 1. The standard InChI is InChI=1S/C31H47NO3/c1-7-18-35-32-29(30(3,4)5)12-8-10-22(2)27-15-16-28-24(11-9-17-31(27,28)6)14-13-23-19-25(33)21-26(34)20-23/h7-8,12-15,22,25-26,28,33-34H,1,9-11,16-21H2,2-6H3/b12-8+,24-14+,32-29+/t22-,25+,26+,28-,31+/m0/s1. The Morgan fingerprint density at radius 1 is 1.26 bits per heavy atom. The summed E-state index contributed by atoms with van der Waals surface area (Å²) in [7, 11) is 0. The van der Waals surface area contributed by atoms with Crippen LogP contribution >= 0.6 is 0 Å². The molecular formula is C31H47NO3. The Balaban J connectivity index is 1.68. The summed E-state index contributed by atoms with van der Waals surface area (Å²) in [6, 6.07) is 0. The first kappa shape index (κ1) is 27.7. The van der Waals surface area contributed by atoms with Crippen molar-refractivity contribution < 1.29 is 15.1 Å². The van der Waals surface area contributed by atoms with Crippen LogP contribution in [0.3, 0.4) is 0 Å². The van der Waals surface area contributed by atoms with Crippen molar-refractivity contribution in [3.05, 3.63) is 59.8 Å². The van der Waals surface area contributed by atoms with E-state index in [4.69, 9.17) is 4.84 Å². The first-order chi connectivity index (χ1) is 16.5. The zero-order chi connectivity index (χ0) is 25.6. The van der Waals surface area contributed by atoms with Crippen molar-refractivity contribution in [2.75, 3.05) is 6.61 Å². The summed E-state index contributed by atoms with van der Waals surface area (Å²) in [6.07, 6.45) is 19.9. The monoisotopic (exact) mass is 481 g/mol. The quantitative estimate of drug-likeness (QED) is 0.169. The summed E-state index contributed by atoms with van der Waals surface area (Å²) >= 11 is 0. The van der Waals surface area contributed by atoms with Gasteiger partial charge in [-0.3, -0.25) is 0 Å². The van der Waals surface area contributed by atoms with E-state index in [1.165, 1.54) is 24.0 Å². The van der Waals surface area contributed by atoms with Crippen LogP contribution in [0.5, 0.6) is 0 Å². The van der Waals surface area contributed by atoms with Crippen molar-refractivity contribution in [2.45, 2.75) is 98.2 Å². The van der Waals surface area contributed by atoms with E-state index in [2.05, 4.69) is 76.7 Å². The maximum absolute atomic E-state index is 10.0. The Labute approximate surface area is 213 Å². The number of aliphatic hydroxyl groups excluding tert-OH is 2. The first-order valence-corrected chi connectivity index (χ1v) is 13.5. The molecule has 0 saturated heterocycles. The molecule has 0 bridgehead atoms. The lowest BCUT2D eigenvalue weighted by molar-refractivity contribution is 0.0609. The summed E-state index contributed by atoms with van der Waals surface area (Å²) < 4.78 is 0. The van der Waals surface area contributed by atoms with Gasteiger partial charge in [0, 0.05) is 5.41 Å². The van der Waals surface area contributed by atoms with Crippen molar-refractivity contribution in [2.24, 2.45) is 27.8 Å². The highest BCUT2D eigenvalue weighted by atomic mass is 16.6. The van der Waals surface area contributed by atoms with Crippen LogP contribution in [-0.4, -0.2) is 34.7 Å². The van der Waals surface area contributed by atoms with Gasteiger partial charge < -0.3 is 15.1 Å². The third kappa shape index (κ3) is 7.07. The highest BCUT2D eigenvalue weighted by Gasteiger charge is 2.45. The van der Waals surface area contributed by atoms with Gasteiger partial charge in [-0.1, -0.05) is 93.5 Å². The first-order valence-electron chi connectivity index (χ1n) is 13.5. The number of hydrogen-bond acceptors (Lipinski definition) is 4. The second kappa shape index (κ2) is 11.9. The highest BCUT2D eigenvalue weighted by molar-refractivity contribution is 5.98. The summed E-state index contributed by atoms with van der Waals surface area (Å²) in [5, 5.41) is 24.4. The van der Waals surface area contributed by atoms with Crippen LogP contribution in [-0.2, 0) is 4.84 Å². The van der Waals surface area contributed by atoms with Crippen LogP contribution in [0.2, 0.25) is 0 Å². The van der Waals surface area contributed by atoms with Gasteiger partial charge in [0.2, 0.25) is 0 Å². The van der Waals surface area contributed by atoms with Gasteiger partial charge in [0.1, 0.15) is 6.61 Å². The molecule has 0 aliphatic heterocycles. The van der Waals surface area contributed by atoms with Crippen LogP contribution < -0.4 is 0 Å². The third-order valence-corrected chi connectivity index (χ3v) is 8.10. The predicted molar refractivity (Wildman–Crippen MR) is 146 cm³/mol. The van der Waals surface area contributed by atoms with Crippen LogP contribution in [0, 0.1) is 22.7 Å². The second-order valence-corrected chi connectivity index (χ2v) is 12.1. The van der Waals surface area contributed by atoms with Crippen molar-refractivity contribution >= 4 is 5.71 Å². The molecule has 4 nitrogen and oxygen atoms in total. The molecular weight excluding hydrogens is 434 g/mol. The zero-order valence-corrected chi connectivity index (χ0v) is 22.6. The molecule has 3 aliphatic rings. The average Bonchev–Trinajstić information content (AvgIpc) is 3.13. The Bertz CT molecular complexity index is 889. The summed E-state index contributed by atoms with van der Waals surface area (Å²) in [4.78, 5) is 5.37. The van der Waals surface area contributed by atoms with Gasteiger partial charge in [0.15, 0.2) is 0 Å². The molecule has 2 N–H and O–H groups in total. The Morgan fingerprint density at radius 3 is 2.63 bits per heavy atom. The Hall–Kier alpha value is -1.91. The molecule has 0 aromatic rings. The number of oxime groups is 1. The topological polar surface area (TPSA) is 62.0 Å². The fourth-order valence-electron chi connectivity index (χ4n) is 6.23. The van der Waals surface area contributed by atoms with E-state index in [1.54, 1.807) is 11.6 Å². The average molecular weight is 482 g/mol. The van der Waals surface area contributed by atoms with Crippen LogP contribution in [0.15, 0.2) is 64.9 Å². The molecule has 4 heteroatoms. The summed E-state index contributed by atoms with van der Waals surface area (Å²) in [6.45, 7) is 15.4. The maximum atomic E-state index is 10.0. The number of aliphatic hydroxyl groups is 2. The molecule has 35 heavy (non-hydrogen) atoms. The zero-order valence-electron chi connectivity index (χ0n) is 22.6.